The number of alkyl halides is 4. The third kappa shape index (κ3) is 5.12. The molecule has 3 aliphatic rings. The van der Waals surface area contributed by atoms with Crippen molar-refractivity contribution in [2.24, 2.45) is 5.73 Å². The zero-order valence-corrected chi connectivity index (χ0v) is 26.1. The lowest BCUT2D eigenvalue weighted by atomic mass is 9.94. The predicted molar refractivity (Wildman–Crippen MR) is 165 cm³/mol. The fourth-order valence-corrected chi connectivity index (χ4v) is 7.39. The number of anilines is 1. The van der Waals surface area contributed by atoms with Crippen molar-refractivity contribution < 1.29 is 22.3 Å². The van der Waals surface area contributed by atoms with E-state index < -0.39 is 51.3 Å². The van der Waals surface area contributed by atoms with Gasteiger partial charge < -0.3 is 20.7 Å². The number of halogens is 6. The third-order valence-corrected chi connectivity index (χ3v) is 9.72. The number of ether oxygens (including phenoxy) is 1. The minimum atomic E-state index is -5.14. The van der Waals surface area contributed by atoms with Gasteiger partial charge in [-0.15, -0.1) is 11.6 Å². The second kappa shape index (κ2) is 11.9. The van der Waals surface area contributed by atoms with E-state index in [-0.39, 0.29) is 46.0 Å². The maximum atomic E-state index is 15.8. The number of hydrogen-bond acceptors (Lipinski definition) is 7. The fourth-order valence-electron chi connectivity index (χ4n) is 6.74. The monoisotopic (exact) mass is 670 g/mol. The maximum Gasteiger partial charge on any atom is 0.431 e. The number of aromatic nitrogens is 3. The van der Waals surface area contributed by atoms with Crippen LogP contribution in [0, 0.1) is 0 Å². The van der Waals surface area contributed by atoms with E-state index in [1.807, 2.05) is 18.7 Å². The topological polar surface area (TPSA) is 107 Å². The molecular weight excluding hydrogens is 639 g/mol. The van der Waals surface area contributed by atoms with Gasteiger partial charge in [0.15, 0.2) is 0 Å². The molecule has 3 aromatic rings. The number of hydrogen-bond donors (Lipinski definition) is 2. The molecule has 9 nitrogen and oxygen atoms in total. The number of aryl methyl sites for hydroxylation is 2. The minimum absolute atomic E-state index is 0.104. The first kappa shape index (κ1) is 31.8. The van der Waals surface area contributed by atoms with E-state index in [1.165, 1.54) is 0 Å². The SMILES string of the molecule is CCc1cncc(CC)c1-n1c(=O)c2c(c3cc(C(F)(F)F)n(C4C(F)=C(Cl)C[C@@H](Cl)[C@H]4N)c(=O)c31)N1CCNC[C@@H]1CCO2. The van der Waals surface area contributed by atoms with Crippen LogP contribution >= 0.6 is 23.2 Å². The smallest absolute Gasteiger partial charge is 0.431 e. The molecule has 1 unspecified atom stereocenters. The summed E-state index contributed by atoms with van der Waals surface area (Å²) in [5.74, 6) is -1.34. The van der Waals surface area contributed by atoms with Crippen LogP contribution in [0.5, 0.6) is 5.75 Å². The van der Waals surface area contributed by atoms with Crippen molar-refractivity contribution in [3.8, 4) is 11.4 Å². The van der Waals surface area contributed by atoms with Crippen molar-refractivity contribution in [2.45, 2.75) is 69.2 Å². The van der Waals surface area contributed by atoms with E-state index in [9.17, 15) is 9.59 Å². The molecule has 1 aliphatic carbocycles. The summed E-state index contributed by atoms with van der Waals surface area (Å²) in [5, 5.41) is 1.64. The van der Waals surface area contributed by atoms with E-state index in [0.717, 1.165) is 10.6 Å². The molecule has 0 aromatic carbocycles. The molecular formula is C30H32Cl2F4N6O3. The second-order valence-electron chi connectivity index (χ2n) is 11.5. The van der Waals surface area contributed by atoms with Crippen LogP contribution in [0.3, 0.4) is 0 Å². The van der Waals surface area contributed by atoms with Crippen molar-refractivity contribution in [3.63, 3.8) is 0 Å². The lowest BCUT2D eigenvalue weighted by Crippen LogP contribution is -2.51. The highest BCUT2D eigenvalue weighted by Gasteiger charge is 2.45. The van der Waals surface area contributed by atoms with Gasteiger partial charge in [0.05, 0.1) is 28.4 Å². The number of fused-ring (bicyclic) bond motifs is 5. The Bertz CT molecular complexity index is 1800. The highest BCUT2D eigenvalue weighted by Crippen LogP contribution is 2.44. The van der Waals surface area contributed by atoms with Crippen LogP contribution in [0.25, 0.3) is 16.6 Å². The summed E-state index contributed by atoms with van der Waals surface area (Å²) < 4.78 is 68.2. The Morgan fingerprint density at radius 2 is 1.82 bits per heavy atom. The van der Waals surface area contributed by atoms with Gasteiger partial charge in [-0.1, -0.05) is 25.4 Å². The van der Waals surface area contributed by atoms with Gasteiger partial charge in [0.25, 0.3) is 11.1 Å². The molecule has 1 saturated heterocycles. The number of piperazine rings is 1. The van der Waals surface area contributed by atoms with Crippen LogP contribution < -0.4 is 31.8 Å². The Morgan fingerprint density at radius 1 is 1.13 bits per heavy atom. The van der Waals surface area contributed by atoms with E-state index in [1.54, 1.807) is 12.4 Å². The van der Waals surface area contributed by atoms with Crippen LogP contribution in [-0.4, -0.2) is 57.8 Å². The van der Waals surface area contributed by atoms with Crippen LogP contribution in [0.4, 0.5) is 23.2 Å². The zero-order valence-electron chi connectivity index (χ0n) is 24.6. The largest absolute Gasteiger partial charge is 0.486 e. The van der Waals surface area contributed by atoms with Crippen molar-refractivity contribution >= 4 is 39.8 Å². The van der Waals surface area contributed by atoms with Gasteiger partial charge in [-0.2, -0.15) is 13.2 Å². The number of pyridine rings is 3. The second-order valence-corrected chi connectivity index (χ2v) is 12.5. The molecule has 15 heteroatoms. The first-order chi connectivity index (χ1) is 21.4. The quantitative estimate of drug-likeness (QED) is 0.310. The first-order valence-corrected chi connectivity index (χ1v) is 15.7. The molecule has 3 aromatic heterocycles. The highest BCUT2D eigenvalue weighted by atomic mass is 35.5. The number of nitrogens with one attached hydrogen (secondary N) is 1. The number of nitrogens with zero attached hydrogens (tertiary/aromatic N) is 4. The Kier molecular flexibility index (Phi) is 8.42. The maximum absolute atomic E-state index is 15.8. The van der Waals surface area contributed by atoms with E-state index in [4.69, 9.17) is 33.7 Å². The average Bonchev–Trinajstić information content (AvgIpc) is 3.21. The Labute approximate surface area is 265 Å². The van der Waals surface area contributed by atoms with Gasteiger partial charge >= 0.3 is 6.18 Å². The molecule has 242 valence electrons. The lowest BCUT2D eigenvalue weighted by Gasteiger charge is -2.38. The summed E-state index contributed by atoms with van der Waals surface area (Å²) in [6.45, 7) is 5.17. The molecule has 45 heavy (non-hydrogen) atoms. The van der Waals surface area contributed by atoms with Gasteiger partial charge in [0, 0.05) is 62.3 Å². The summed E-state index contributed by atoms with van der Waals surface area (Å²) in [4.78, 5) is 35.5. The number of nitrogens with two attached hydrogens (primary N) is 1. The van der Waals surface area contributed by atoms with Crippen molar-refractivity contribution in [3.05, 3.63) is 66.8 Å². The summed E-state index contributed by atoms with van der Waals surface area (Å²) in [6.07, 6.45) is -0.981. The molecule has 6 rings (SSSR count). The number of allylic oxidation sites excluding steroid dienone is 1. The summed E-state index contributed by atoms with van der Waals surface area (Å²) in [7, 11) is 0. The molecule has 5 heterocycles. The highest BCUT2D eigenvalue weighted by molar-refractivity contribution is 6.31. The van der Waals surface area contributed by atoms with Gasteiger partial charge in [0.2, 0.25) is 5.75 Å². The van der Waals surface area contributed by atoms with Crippen LogP contribution in [0.2, 0.25) is 0 Å². The molecule has 4 atom stereocenters. The Balaban J connectivity index is 1.86. The standard InChI is InChI=1S/C30H32Cl2F4N6O3/c1-3-14-11-39-12-15(4-2)23(14)42-25-17(24-27(29(42)44)45-8-5-16-13-38-6-7-40(16)24)9-20(30(34,35)36)41(28(25)43)26-21(33)18(31)10-19(32)22(26)37/h9,11-12,16,19,22,26,38H,3-8,10,13,37H2,1-2H3/t16-,19+,22+,26?/m0/s1. The summed E-state index contributed by atoms with van der Waals surface area (Å²) in [6, 6.07) is -2.83. The minimum Gasteiger partial charge on any atom is -0.486 e. The third-order valence-electron chi connectivity index (χ3n) is 8.94. The van der Waals surface area contributed by atoms with Gasteiger partial charge in [-0.05, 0) is 30.0 Å². The molecule has 0 amide bonds. The molecule has 3 N–H and O–H groups in total. The lowest BCUT2D eigenvalue weighted by molar-refractivity contribution is -0.144. The average molecular weight is 672 g/mol. The predicted octanol–water partition coefficient (Wildman–Crippen LogP) is 4.55. The van der Waals surface area contributed by atoms with Gasteiger partial charge in [-0.3, -0.25) is 23.7 Å². The van der Waals surface area contributed by atoms with Crippen molar-refractivity contribution in [2.75, 3.05) is 31.1 Å². The van der Waals surface area contributed by atoms with E-state index >= 15 is 17.6 Å². The Hall–Kier alpha value is -3.13. The molecule has 0 radical (unpaired) electrons. The van der Waals surface area contributed by atoms with E-state index in [2.05, 4.69) is 10.3 Å². The van der Waals surface area contributed by atoms with E-state index in [0.29, 0.717) is 55.7 Å². The fraction of sp³-hybridized carbons (Fsp3) is 0.500. The normalized spacial score (nSPS) is 23.9. The molecule has 0 saturated carbocycles. The summed E-state index contributed by atoms with van der Waals surface area (Å²) in [5.41, 5.74) is 4.02. The Morgan fingerprint density at radius 3 is 2.47 bits per heavy atom. The zero-order chi connectivity index (χ0) is 32.4. The number of rotatable bonds is 4. The molecule has 0 spiro atoms. The first-order valence-electron chi connectivity index (χ1n) is 14.9. The summed E-state index contributed by atoms with van der Waals surface area (Å²) >= 11 is 12.4. The van der Waals surface area contributed by atoms with Gasteiger partial charge in [0.1, 0.15) is 23.1 Å². The molecule has 2 aliphatic heterocycles. The van der Waals surface area contributed by atoms with Crippen LogP contribution in [-0.2, 0) is 19.0 Å². The van der Waals surface area contributed by atoms with Crippen LogP contribution in [0.15, 0.2) is 38.9 Å². The van der Waals surface area contributed by atoms with Crippen molar-refractivity contribution in [1.82, 2.24) is 19.4 Å². The molecule has 0 bridgehead atoms. The van der Waals surface area contributed by atoms with Crippen LogP contribution in [0.1, 0.15) is 49.6 Å². The van der Waals surface area contributed by atoms with Gasteiger partial charge in [-0.25, -0.2) is 4.39 Å². The molecule has 1 fully saturated rings. The van der Waals surface area contributed by atoms with Crippen molar-refractivity contribution in [1.29, 1.82) is 0 Å².